The minimum atomic E-state index is -1.08. The number of nitrogens with one attached hydrogen (secondary N) is 1. The lowest BCUT2D eigenvalue weighted by atomic mass is 10.1. The zero-order valence-electron chi connectivity index (χ0n) is 11.8. The molecule has 1 amide bonds. The lowest BCUT2D eigenvalue weighted by molar-refractivity contribution is 0.0435. The second-order valence-corrected chi connectivity index (χ2v) is 5.83. The van der Waals surface area contributed by atoms with Gasteiger partial charge in [-0.15, -0.1) is 0 Å². The number of ether oxygens (including phenoxy) is 1. The number of rotatable bonds is 3. The molecule has 5 nitrogen and oxygen atoms in total. The first-order chi connectivity index (χ1) is 9.10. The van der Waals surface area contributed by atoms with Crippen LogP contribution in [0.2, 0.25) is 5.02 Å². The van der Waals surface area contributed by atoms with Gasteiger partial charge in [-0.1, -0.05) is 11.6 Å². The zero-order chi connectivity index (χ0) is 15.5. The number of pyridine rings is 1. The molecule has 0 aliphatic carbocycles. The highest BCUT2D eigenvalue weighted by Crippen LogP contribution is 2.21. The van der Waals surface area contributed by atoms with Crippen molar-refractivity contribution in [1.82, 2.24) is 10.3 Å². The average Bonchev–Trinajstić information content (AvgIpc) is 2.29. The Labute approximate surface area is 122 Å². The van der Waals surface area contributed by atoms with Crippen LogP contribution in [0, 0.1) is 5.95 Å². The summed E-state index contributed by atoms with van der Waals surface area (Å²) in [5.74, 6) is -0.810. The largest absolute Gasteiger partial charge is 0.444 e. The number of halogens is 2. The van der Waals surface area contributed by atoms with Crippen LogP contribution in [0.3, 0.4) is 0 Å². The van der Waals surface area contributed by atoms with Crippen LogP contribution in [-0.2, 0) is 4.74 Å². The van der Waals surface area contributed by atoms with Crippen LogP contribution < -0.4 is 5.32 Å². The number of aliphatic hydroxyl groups is 1. The molecule has 2 N–H and O–H groups in total. The minimum absolute atomic E-state index is 0.189. The predicted octanol–water partition coefficient (Wildman–Crippen LogP) is 2.82. The van der Waals surface area contributed by atoms with Gasteiger partial charge >= 0.3 is 6.09 Å². The summed E-state index contributed by atoms with van der Waals surface area (Å²) in [6.45, 7) is 6.79. The van der Waals surface area contributed by atoms with Gasteiger partial charge in [-0.25, -0.2) is 9.78 Å². The fraction of sp³-hybridized carbons (Fsp3) is 0.538. The van der Waals surface area contributed by atoms with E-state index < -0.39 is 29.8 Å². The second-order valence-electron chi connectivity index (χ2n) is 5.42. The molecule has 0 aliphatic rings. The van der Waals surface area contributed by atoms with Crippen molar-refractivity contribution in [3.63, 3.8) is 0 Å². The maximum atomic E-state index is 12.9. The van der Waals surface area contributed by atoms with Crippen molar-refractivity contribution in [3.8, 4) is 0 Å². The number of aromatic nitrogens is 1. The third-order valence-electron chi connectivity index (χ3n) is 2.38. The van der Waals surface area contributed by atoms with Crippen LogP contribution >= 0.6 is 11.6 Å². The summed E-state index contributed by atoms with van der Waals surface area (Å²) in [7, 11) is 0. The van der Waals surface area contributed by atoms with Crippen LogP contribution in [0.15, 0.2) is 12.3 Å². The standard InChI is InChI=1S/C13H18ClFN2O3/c1-7(17-12(19)20-13(2,3)4)10(18)8-5-9(14)11(15)16-6-8/h5-7,10,18H,1-4H3,(H,17,19). The van der Waals surface area contributed by atoms with E-state index >= 15 is 0 Å². The topological polar surface area (TPSA) is 71.5 Å². The monoisotopic (exact) mass is 304 g/mol. The van der Waals surface area contributed by atoms with E-state index in [1.165, 1.54) is 12.3 Å². The molecule has 1 rings (SSSR count). The fourth-order valence-corrected chi connectivity index (χ4v) is 1.63. The summed E-state index contributed by atoms with van der Waals surface area (Å²) in [5.41, 5.74) is -0.324. The first-order valence-electron chi connectivity index (χ1n) is 6.08. The van der Waals surface area contributed by atoms with E-state index in [0.29, 0.717) is 5.56 Å². The molecule has 0 aliphatic heterocycles. The lowest BCUT2D eigenvalue weighted by Gasteiger charge is -2.24. The highest BCUT2D eigenvalue weighted by molar-refractivity contribution is 6.30. The Bertz CT molecular complexity index is 491. The molecule has 0 saturated heterocycles. The van der Waals surface area contributed by atoms with E-state index in [1.807, 2.05) is 0 Å². The van der Waals surface area contributed by atoms with Crippen molar-refractivity contribution in [2.24, 2.45) is 0 Å². The Hall–Kier alpha value is -1.40. The molecular formula is C13H18ClFN2O3. The normalized spacial score (nSPS) is 14.6. The molecule has 1 aromatic heterocycles. The Morgan fingerprint density at radius 2 is 2.15 bits per heavy atom. The molecule has 0 spiro atoms. The molecule has 0 aromatic carbocycles. The number of carbonyl (C=O) groups excluding carboxylic acids is 1. The first-order valence-corrected chi connectivity index (χ1v) is 6.46. The number of aliphatic hydroxyl groups excluding tert-OH is 1. The zero-order valence-corrected chi connectivity index (χ0v) is 12.5. The molecule has 0 radical (unpaired) electrons. The highest BCUT2D eigenvalue weighted by atomic mass is 35.5. The summed E-state index contributed by atoms with van der Waals surface area (Å²) >= 11 is 5.59. The van der Waals surface area contributed by atoms with Crippen LogP contribution in [-0.4, -0.2) is 27.8 Å². The maximum Gasteiger partial charge on any atom is 0.407 e. The molecule has 0 saturated carbocycles. The van der Waals surface area contributed by atoms with Crippen molar-refractivity contribution in [2.75, 3.05) is 0 Å². The summed E-state index contributed by atoms with van der Waals surface area (Å²) in [5, 5.41) is 12.4. The van der Waals surface area contributed by atoms with E-state index in [-0.39, 0.29) is 5.02 Å². The molecule has 1 aromatic rings. The molecular weight excluding hydrogens is 287 g/mol. The van der Waals surface area contributed by atoms with Gasteiger partial charge in [-0.05, 0) is 33.8 Å². The molecule has 1 heterocycles. The van der Waals surface area contributed by atoms with Crippen LogP contribution in [0.4, 0.5) is 9.18 Å². The highest BCUT2D eigenvalue weighted by Gasteiger charge is 2.23. The van der Waals surface area contributed by atoms with Gasteiger partial charge in [-0.2, -0.15) is 4.39 Å². The van der Waals surface area contributed by atoms with Gasteiger partial charge in [0.1, 0.15) is 11.7 Å². The van der Waals surface area contributed by atoms with Crippen molar-refractivity contribution in [3.05, 3.63) is 28.8 Å². The summed E-state index contributed by atoms with van der Waals surface area (Å²) in [4.78, 5) is 15.0. The third kappa shape index (κ3) is 4.94. The van der Waals surface area contributed by atoms with E-state index in [4.69, 9.17) is 16.3 Å². The molecule has 0 fully saturated rings. The Morgan fingerprint density at radius 3 is 2.65 bits per heavy atom. The van der Waals surface area contributed by atoms with Crippen molar-refractivity contribution < 1.29 is 19.0 Å². The quantitative estimate of drug-likeness (QED) is 0.842. The predicted molar refractivity (Wildman–Crippen MR) is 73.0 cm³/mol. The van der Waals surface area contributed by atoms with Crippen LogP contribution in [0.25, 0.3) is 0 Å². The smallest absolute Gasteiger partial charge is 0.407 e. The van der Waals surface area contributed by atoms with Gasteiger partial charge in [0.25, 0.3) is 0 Å². The van der Waals surface area contributed by atoms with Gasteiger partial charge in [0.2, 0.25) is 5.95 Å². The lowest BCUT2D eigenvalue weighted by Crippen LogP contribution is -2.40. The Morgan fingerprint density at radius 1 is 1.55 bits per heavy atom. The summed E-state index contributed by atoms with van der Waals surface area (Å²) < 4.78 is 18.0. The van der Waals surface area contributed by atoms with Gasteiger partial charge in [0.05, 0.1) is 11.1 Å². The average molecular weight is 305 g/mol. The van der Waals surface area contributed by atoms with Gasteiger partial charge < -0.3 is 15.2 Å². The van der Waals surface area contributed by atoms with E-state index in [1.54, 1.807) is 27.7 Å². The van der Waals surface area contributed by atoms with Crippen LogP contribution in [0.1, 0.15) is 39.4 Å². The molecule has 112 valence electrons. The van der Waals surface area contributed by atoms with E-state index in [0.717, 1.165) is 0 Å². The minimum Gasteiger partial charge on any atom is -0.444 e. The van der Waals surface area contributed by atoms with Crippen molar-refractivity contribution in [2.45, 2.75) is 45.4 Å². The van der Waals surface area contributed by atoms with Gasteiger partial charge in [0.15, 0.2) is 0 Å². The molecule has 20 heavy (non-hydrogen) atoms. The Balaban J connectivity index is 2.69. The van der Waals surface area contributed by atoms with Crippen LogP contribution in [0.5, 0.6) is 0 Å². The van der Waals surface area contributed by atoms with Crippen molar-refractivity contribution >= 4 is 17.7 Å². The number of alkyl carbamates (subject to hydrolysis) is 1. The number of carbonyl (C=O) groups is 1. The first kappa shape index (κ1) is 16.7. The van der Waals surface area contributed by atoms with Crippen molar-refractivity contribution in [1.29, 1.82) is 0 Å². The maximum absolute atomic E-state index is 12.9. The fourth-order valence-electron chi connectivity index (χ4n) is 1.46. The Kier molecular flexibility index (Phi) is 5.30. The summed E-state index contributed by atoms with van der Waals surface area (Å²) in [6, 6.07) is 0.620. The van der Waals surface area contributed by atoms with E-state index in [2.05, 4.69) is 10.3 Å². The van der Waals surface area contributed by atoms with Gasteiger partial charge in [-0.3, -0.25) is 0 Å². The third-order valence-corrected chi connectivity index (χ3v) is 2.64. The van der Waals surface area contributed by atoms with E-state index in [9.17, 15) is 14.3 Å². The summed E-state index contributed by atoms with van der Waals surface area (Å²) in [6.07, 6.45) is -0.558. The molecule has 0 bridgehead atoms. The SMILES string of the molecule is CC(NC(=O)OC(C)(C)C)C(O)c1cnc(F)c(Cl)c1. The number of nitrogens with zero attached hydrogens (tertiary/aromatic N) is 1. The van der Waals surface area contributed by atoms with Gasteiger partial charge in [0, 0.05) is 11.8 Å². The molecule has 2 unspecified atom stereocenters. The molecule has 2 atom stereocenters. The number of hydrogen-bond acceptors (Lipinski definition) is 4. The second kappa shape index (κ2) is 6.37. The molecule has 7 heteroatoms. The number of hydrogen-bond donors (Lipinski definition) is 2. The number of amides is 1.